The van der Waals surface area contributed by atoms with Crippen molar-refractivity contribution in [3.8, 4) is 0 Å². The molecule has 0 radical (unpaired) electrons. The summed E-state index contributed by atoms with van der Waals surface area (Å²) >= 11 is 0.903. The van der Waals surface area contributed by atoms with E-state index in [9.17, 15) is 14.4 Å². The molecule has 6 heteroatoms. The Morgan fingerprint density at radius 3 is 2.30 bits per heavy atom. The fourth-order valence-electron chi connectivity index (χ4n) is 3.25. The molecule has 0 saturated carbocycles. The summed E-state index contributed by atoms with van der Waals surface area (Å²) in [5.74, 6) is -0.525. The zero-order valence-corrected chi connectivity index (χ0v) is 17.0. The lowest BCUT2D eigenvalue weighted by Crippen LogP contribution is -2.44. The number of likely N-dealkylation sites (tertiary alicyclic amines) is 1. The van der Waals surface area contributed by atoms with E-state index in [-0.39, 0.29) is 29.0 Å². The van der Waals surface area contributed by atoms with Crippen LogP contribution in [0.2, 0.25) is 0 Å². The highest BCUT2D eigenvalue weighted by molar-refractivity contribution is 8.18. The van der Waals surface area contributed by atoms with Gasteiger partial charge in [-0.05, 0) is 53.6 Å². The Kier molecular flexibility index (Phi) is 5.75. The molecular formula is C21H26N2O3S. The van der Waals surface area contributed by atoms with Crippen LogP contribution in [-0.2, 0) is 15.0 Å². The maximum absolute atomic E-state index is 12.6. The molecule has 2 aliphatic heterocycles. The summed E-state index contributed by atoms with van der Waals surface area (Å²) in [6, 6.07) is 7.98. The molecule has 0 spiro atoms. The Morgan fingerprint density at radius 2 is 1.70 bits per heavy atom. The first-order chi connectivity index (χ1) is 12.8. The fraction of sp³-hybridized carbons (Fsp3) is 0.476. The quantitative estimate of drug-likeness (QED) is 0.736. The third kappa shape index (κ3) is 4.61. The molecule has 0 bridgehead atoms. The average Bonchev–Trinajstić information content (AvgIpc) is 2.89. The minimum atomic E-state index is -0.379. The summed E-state index contributed by atoms with van der Waals surface area (Å²) in [6.07, 6.45) is 4.82. The Hall–Kier alpha value is -2.08. The SMILES string of the molecule is CC(C)(C)c1ccc(/C=C2\SC(=O)N(CC(=O)N3CCCCC3)C2=O)cc1. The van der Waals surface area contributed by atoms with Gasteiger partial charge in [0.15, 0.2) is 0 Å². The van der Waals surface area contributed by atoms with Crippen molar-refractivity contribution < 1.29 is 14.4 Å². The Morgan fingerprint density at radius 1 is 1.07 bits per heavy atom. The van der Waals surface area contributed by atoms with E-state index >= 15 is 0 Å². The lowest BCUT2D eigenvalue weighted by atomic mass is 9.87. The van der Waals surface area contributed by atoms with Crippen molar-refractivity contribution in [3.05, 3.63) is 40.3 Å². The van der Waals surface area contributed by atoms with Crippen LogP contribution in [0.15, 0.2) is 29.2 Å². The van der Waals surface area contributed by atoms with Gasteiger partial charge in [0.05, 0.1) is 4.91 Å². The molecular weight excluding hydrogens is 360 g/mol. The molecule has 2 heterocycles. The van der Waals surface area contributed by atoms with Crippen molar-refractivity contribution in [1.82, 2.24) is 9.80 Å². The summed E-state index contributed by atoms with van der Waals surface area (Å²) in [4.78, 5) is 40.4. The van der Waals surface area contributed by atoms with Gasteiger partial charge in [0.2, 0.25) is 5.91 Å². The zero-order valence-electron chi connectivity index (χ0n) is 16.2. The third-order valence-corrected chi connectivity index (χ3v) is 5.86. The highest BCUT2D eigenvalue weighted by Gasteiger charge is 2.37. The van der Waals surface area contributed by atoms with Crippen molar-refractivity contribution in [2.45, 2.75) is 45.4 Å². The molecule has 0 unspecified atom stereocenters. The molecule has 1 aromatic rings. The van der Waals surface area contributed by atoms with E-state index < -0.39 is 0 Å². The number of amides is 3. The highest BCUT2D eigenvalue weighted by atomic mass is 32.2. The van der Waals surface area contributed by atoms with E-state index in [1.165, 1.54) is 5.56 Å². The number of benzene rings is 1. The largest absolute Gasteiger partial charge is 0.341 e. The van der Waals surface area contributed by atoms with Crippen molar-refractivity contribution in [2.24, 2.45) is 0 Å². The molecule has 144 valence electrons. The van der Waals surface area contributed by atoms with Crippen molar-refractivity contribution in [3.63, 3.8) is 0 Å². The normalized spacial score (nSPS) is 19.9. The van der Waals surface area contributed by atoms with E-state index in [2.05, 4.69) is 20.8 Å². The van der Waals surface area contributed by atoms with Crippen molar-refractivity contribution >= 4 is 34.9 Å². The van der Waals surface area contributed by atoms with Crippen LogP contribution in [0.3, 0.4) is 0 Å². The van der Waals surface area contributed by atoms with Crippen LogP contribution < -0.4 is 0 Å². The van der Waals surface area contributed by atoms with Gasteiger partial charge in [-0.25, -0.2) is 0 Å². The molecule has 0 N–H and O–H groups in total. The van der Waals surface area contributed by atoms with Crippen LogP contribution in [0.25, 0.3) is 6.08 Å². The van der Waals surface area contributed by atoms with Crippen LogP contribution in [0, 0.1) is 0 Å². The topological polar surface area (TPSA) is 57.7 Å². The van der Waals surface area contributed by atoms with Crippen LogP contribution in [0.5, 0.6) is 0 Å². The molecule has 3 amide bonds. The molecule has 0 aromatic heterocycles. The first-order valence-corrected chi connectivity index (χ1v) is 10.2. The van der Waals surface area contributed by atoms with Crippen LogP contribution in [0.4, 0.5) is 4.79 Å². The third-order valence-electron chi connectivity index (χ3n) is 4.95. The highest BCUT2D eigenvalue weighted by Crippen LogP contribution is 2.32. The number of hydrogen-bond donors (Lipinski definition) is 0. The smallest absolute Gasteiger partial charge is 0.294 e. The van der Waals surface area contributed by atoms with Crippen molar-refractivity contribution in [1.29, 1.82) is 0 Å². The van der Waals surface area contributed by atoms with E-state index in [4.69, 9.17) is 0 Å². The Labute approximate surface area is 164 Å². The van der Waals surface area contributed by atoms with Crippen LogP contribution >= 0.6 is 11.8 Å². The number of thioether (sulfide) groups is 1. The molecule has 2 fully saturated rings. The standard InChI is InChI=1S/C21H26N2O3S/c1-21(2,3)16-9-7-15(8-10-16)13-17-19(25)23(20(26)27-17)14-18(24)22-11-5-4-6-12-22/h7-10,13H,4-6,11-12,14H2,1-3H3/b17-13-. The van der Waals surface area contributed by atoms with Crippen molar-refractivity contribution in [2.75, 3.05) is 19.6 Å². The van der Waals surface area contributed by atoms with Gasteiger partial charge in [-0.2, -0.15) is 0 Å². The number of carbonyl (C=O) groups is 3. The second-order valence-electron chi connectivity index (χ2n) is 8.08. The van der Waals surface area contributed by atoms with Gasteiger partial charge < -0.3 is 4.90 Å². The fourth-order valence-corrected chi connectivity index (χ4v) is 4.08. The summed E-state index contributed by atoms with van der Waals surface area (Å²) in [5, 5.41) is -0.372. The molecule has 5 nitrogen and oxygen atoms in total. The molecule has 0 aliphatic carbocycles. The van der Waals surface area contributed by atoms with Gasteiger partial charge in [-0.15, -0.1) is 0 Å². The average molecular weight is 387 g/mol. The minimum Gasteiger partial charge on any atom is -0.341 e. The van der Waals surface area contributed by atoms with Gasteiger partial charge in [-0.1, -0.05) is 45.0 Å². The lowest BCUT2D eigenvalue weighted by molar-refractivity contribution is -0.136. The van der Waals surface area contributed by atoms with E-state index in [0.717, 1.165) is 41.5 Å². The summed E-state index contributed by atoms with van der Waals surface area (Å²) < 4.78 is 0. The minimum absolute atomic E-state index is 0.0607. The van der Waals surface area contributed by atoms with E-state index in [1.807, 2.05) is 24.3 Å². The monoisotopic (exact) mass is 386 g/mol. The van der Waals surface area contributed by atoms with Crippen LogP contribution in [0.1, 0.15) is 51.2 Å². The number of piperidine rings is 1. The lowest BCUT2D eigenvalue weighted by Gasteiger charge is -2.27. The maximum Gasteiger partial charge on any atom is 0.294 e. The second kappa shape index (κ2) is 7.89. The molecule has 2 saturated heterocycles. The van der Waals surface area contributed by atoms with Gasteiger partial charge in [-0.3, -0.25) is 19.3 Å². The number of imide groups is 1. The number of carbonyl (C=O) groups excluding carboxylic acids is 3. The van der Waals surface area contributed by atoms with Gasteiger partial charge in [0, 0.05) is 13.1 Å². The Bertz CT molecular complexity index is 772. The summed E-state index contributed by atoms with van der Waals surface area (Å²) in [6.45, 7) is 7.70. The Balaban J connectivity index is 1.69. The zero-order chi connectivity index (χ0) is 19.6. The summed E-state index contributed by atoms with van der Waals surface area (Å²) in [5.41, 5.74) is 2.14. The van der Waals surface area contributed by atoms with Gasteiger partial charge in [0.25, 0.3) is 11.1 Å². The molecule has 1 aromatic carbocycles. The molecule has 0 atom stereocenters. The maximum atomic E-state index is 12.6. The molecule has 27 heavy (non-hydrogen) atoms. The second-order valence-corrected chi connectivity index (χ2v) is 9.07. The first-order valence-electron chi connectivity index (χ1n) is 9.39. The predicted octanol–water partition coefficient (Wildman–Crippen LogP) is 4.03. The van der Waals surface area contributed by atoms with Crippen LogP contribution in [-0.4, -0.2) is 46.5 Å². The van der Waals surface area contributed by atoms with Gasteiger partial charge in [0.1, 0.15) is 6.54 Å². The number of nitrogens with zero attached hydrogens (tertiary/aromatic N) is 2. The number of hydrogen-bond acceptors (Lipinski definition) is 4. The molecule has 2 aliphatic rings. The van der Waals surface area contributed by atoms with E-state index in [0.29, 0.717) is 18.0 Å². The number of rotatable bonds is 3. The first kappa shape index (κ1) is 19.7. The predicted molar refractivity (Wildman–Crippen MR) is 108 cm³/mol. The molecule has 3 rings (SSSR count). The van der Waals surface area contributed by atoms with E-state index in [1.54, 1.807) is 11.0 Å². The summed E-state index contributed by atoms with van der Waals surface area (Å²) in [7, 11) is 0. The van der Waals surface area contributed by atoms with Gasteiger partial charge >= 0.3 is 0 Å².